The normalized spacial score (nSPS) is 19.2. The molecule has 0 bridgehead atoms. The smallest absolute Gasteiger partial charge is 0.356 e. The van der Waals surface area contributed by atoms with E-state index in [1.807, 2.05) is 23.2 Å². The molecule has 2 aromatic carbocycles. The molecule has 0 radical (unpaired) electrons. The van der Waals surface area contributed by atoms with Crippen LogP contribution >= 0.6 is 0 Å². The number of nitrogens with two attached hydrogens (primary N) is 1. The van der Waals surface area contributed by atoms with Gasteiger partial charge < -0.3 is 34.7 Å². The molecule has 17 heteroatoms. The Balaban J connectivity index is 1.01. The fourth-order valence-corrected chi connectivity index (χ4v) is 8.00. The highest BCUT2D eigenvalue weighted by molar-refractivity contribution is 5.97. The molecule has 4 N–H and O–H groups in total. The van der Waals surface area contributed by atoms with Crippen LogP contribution in [0.15, 0.2) is 57.7 Å². The summed E-state index contributed by atoms with van der Waals surface area (Å²) < 4.78 is 27.1. The third kappa shape index (κ3) is 5.79. The molecule has 5 heterocycles. The first-order valence-electron chi connectivity index (χ1n) is 17.2. The van der Waals surface area contributed by atoms with Gasteiger partial charge in [0.2, 0.25) is 11.3 Å². The molecule has 1 saturated carbocycles. The number of azo groups is 1. The number of fused-ring (bicyclic) bond motifs is 3. The number of methoxy groups -OCH3 is 1. The quantitative estimate of drug-likeness (QED) is 0.175. The summed E-state index contributed by atoms with van der Waals surface area (Å²) in [4.78, 5) is 40.6. The Morgan fingerprint density at radius 1 is 1.12 bits per heavy atom. The third-order valence-electron chi connectivity index (χ3n) is 10.5. The van der Waals surface area contributed by atoms with Crippen LogP contribution in [-0.2, 0) is 19.6 Å². The second-order valence-electron chi connectivity index (χ2n) is 13.6. The number of rotatable bonds is 10. The summed E-state index contributed by atoms with van der Waals surface area (Å²) in [5.41, 5.74) is 6.35. The summed E-state index contributed by atoms with van der Waals surface area (Å²) in [6, 6.07) is 7.58. The summed E-state index contributed by atoms with van der Waals surface area (Å²) in [5.74, 6) is -1.60. The van der Waals surface area contributed by atoms with Crippen molar-refractivity contribution in [1.82, 2.24) is 29.0 Å². The predicted molar refractivity (Wildman–Crippen MR) is 187 cm³/mol. The maximum Gasteiger partial charge on any atom is 0.356 e. The van der Waals surface area contributed by atoms with Gasteiger partial charge in [-0.2, -0.15) is 0 Å². The topological polar surface area (TPSA) is 199 Å². The number of hydrogen-bond donors (Lipinski definition) is 3. The fraction of sp³-hybridized carbons (Fsp3) is 0.400. The molecule has 270 valence electrons. The van der Waals surface area contributed by atoms with E-state index in [2.05, 4.69) is 25.4 Å². The number of amides is 2. The number of anilines is 1. The number of primary amides is 1. The first kappa shape index (κ1) is 33.3. The molecule has 2 saturated heterocycles. The number of aromatic nitrogens is 5. The van der Waals surface area contributed by atoms with Gasteiger partial charge in [0.1, 0.15) is 11.3 Å². The average molecular weight is 713 g/mol. The highest BCUT2D eigenvalue weighted by atomic mass is 19.1. The number of nitrogens with zero attached hydrogens (tertiary/aromatic N) is 9. The summed E-state index contributed by atoms with van der Waals surface area (Å²) >= 11 is 0. The monoisotopic (exact) mass is 712 g/mol. The number of urea groups is 1. The zero-order chi connectivity index (χ0) is 36.3. The minimum atomic E-state index is -1.34. The zero-order valence-electron chi connectivity index (χ0n) is 28.4. The summed E-state index contributed by atoms with van der Waals surface area (Å²) in [7, 11) is 1.46. The summed E-state index contributed by atoms with van der Waals surface area (Å²) in [6.07, 6.45) is 6.85. The summed E-state index contributed by atoms with van der Waals surface area (Å²) in [6.45, 7) is 3.25. The van der Waals surface area contributed by atoms with Gasteiger partial charge in [-0.05, 0) is 50.3 Å². The standard InChI is InChI=1S/C35H37FN10O6/c1-52-32-29-23(31(47)24(34(49)50)17-46(29)21-8-9-21)13-25(36)30(32)43-14-19-5-4-10-42(27(19)18-43)15-20-16-44(41-38-20)11-12-45-26-7-3-2-6-22(26)28(33(45)48)39-40-35(37)51/h2-3,6-7,13,16-17,19,21,27,48H,4-5,8-12,14-15,18H2,1H3,(H2,37,51)(H,49,50)/t19-,27+/m0/s1. The van der Waals surface area contributed by atoms with Gasteiger partial charge >= 0.3 is 12.0 Å². The van der Waals surface area contributed by atoms with Crippen LogP contribution in [0.2, 0.25) is 0 Å². The lowest BCUT2D eigenvalue weighted by Gasteiger charge is -2.36. The number of aromatic carboxylic acids is 1. The van der Waals surface area contributed by atoms with Gasteiger partial charge in [-0.25, -0.2) is 14.0 Å². The van der Waals surface area contributed by atoms with Gasteiger partial charge in [-0.15, -0.1) is 10.2 Å². The van der Waals surface area contributed by atoms with Crippen molar-refractivity contribution in [2.45, 2.75) is 57.4 Å². The largest absolute Gasteiger partial charge is 0.493 e. The molecule has 5 aromatic rings. The Kier molecular flexibility index (Phi) is 8.36. The average Bonchev–Trinajstić information content (AvgIpc) is 3.61. The van der Waals surface area contributed by atoms with Crippen LogP contribution in [0.4, 0.5) is 20.6 Å². The molecule has 52 heavy (non-hydrogen) atoms. The van der Waals surface area contributed by atoms with E-state index in [0.717, 1.165) is 37.9 Å². The molecule has 0 unspecified atom stereocenters. The predicted octanol–water partition coefficient (Wildman–Crippen LogP) is 4.40. The van der Waals surface area contributed by atoms with Gasteiger partial charge in [0.05, 0.1) is 35.8 Å². The maximum atomic E-state index is 16.1. The number of aryl methyl sites for hydroxylation is 2. The van der Waals surface area contributed by atoms with Crippen LogP contribution < -0.4 is 20.8 Å². The summed E-state index contributed by atoms with van der Waals surface area (Å²) in [5, 5.41) is 37.3. The van der Waals surface area contributed by atoms with Crippen molar-refractivity contribution in [2.24, 2.45) is 21.9 Å². The highest BCUT2D eigenvalue weighted by Gasteiger charge is 2.41. The van der Waals surface area contributed by atoms with Gasteiger partial charge in [0, 0.05) is 56.0 Å². The number of piperidine rings is 1. The molecular formula is C35H37FN10O6. The van der Waals surface area contributed by atoms with Crippen molar-refractivity contribution < 1.29 is 28.9 Å². The van der Waals surface area contributed by atoms with Crippen LogP contribution in [0.1, 0.15) is 47.8 Å². The van der Waals surface area contributed by atoms with Crippen LogP contribution in [-0.4, -0.2) is 84.0 Å². The molecule has 3 aromatic heterocycles. The molecule has 2 amide bonds. The van der Waals surface area contributed by atoms with Crippen molar-refractivity contribution in [3.63, 3.8) is 0 Å². The lowest BCUT2D eigenvalue weighted by molar-refractivity contribution is 0.0694. The van der Waals surface area contributed by atoms with Crippen molar-refractivity contribution >= 4 is 45.2 Å². The Hall–Kier alpha value is -5.84. The minimum Gasteiger partial charge on any atom is -0.493 e. The fourth-order valence-electron chi connectivity index (χ4n) is 8.00. The number of hydrogen-bond acceptors (Lipinski definition) is 10. The SMILES string of the molecule is COc1c(N2C[C@@H]3CCCN(Cc4cn(CCn5c(O)c(N=NC(N)=O)c6ccccc65)nn4)[C@@H]3C2)c(F)cc2c(=O)c(C(=O)O)cn(C3CC3)c12. The number of ether oxygens (including phenoxy) is 1. The molecule has 16 nitrogen and oxygen atoms in total. The maximum absolute atomic E-state index is 16.1. The Morgan fingerprint density at radius 2 is 1.92 bits per heavy atom. The molecule has 2 atom stereocenters. The number of carboxylic acid groups (broad SMARTS) is 1. The van der Waals surface area contributed by atoms with Gasteiger partial charge in [0.25, 0.3) is 0 Å². The Labute approximate surface area is 295 Å². The van der Waals surface area contributed by atoms with E-state index in [-0.39, 0.29) is 52.0 Å². The number of halogens is 1. The second-order valence-corrected chi connectivity index (χ2v) is 13.6. The Morgan fingerprint density at radius 3 is 2.67 bits per heavy atom. The molecule has 3 aliphatic rings. The molecule has 3 fully saturated rings. The third-order valence-corrected chi connectivity index (χ3v) is 10.5. The molecule has 1 aliphatic carbocycles. The van der Waals surface area contributed by atoms with E-state index in [0.29, 0.717) is 49.1 Å². The van der Waals surface area contributed by atoms with Crippen LogP contribution in [0.5, 0.6) is 11.6 Å². The number of benzene rings is 2. The number of aromatic hydroxyl groups is 1. The van der Waals surface area contributed by atoms with Crippen molar-refractivity contribution in [1.29, 1.82) is 0 Å². The second kappa shape index (κ2) is 13.0. The lowest BCUT2D eigenvalue weighted by Crippen LogP contribution is -2.44. The minimum absolute atomic E-state index is 0.000405. The molecule has 8 rings (SSSR count). The number of carbonyl (C=O) groups is 2. The van der Waals surface area contributed by atoms with E-state index in [4.69, 9.17) is 10.5 Å². The molecule has 0 spiro atoms. The van der Waals surface area contributed by atoms with Crippen LogP contribution in [0, 0.1) is 11.7 Å². The van der Waals surface area contributed by atoms with Crippen molar-refractivity contribution in [2.75, 3.05) is 31.6 Å². The van der Waals surface area contributed by atoms with E-state index < -0.39 is 23.2 Å². The number of pyridine rings is 1. The van der Waals surface area contributed by atoms with E-state index in [1.54, 1.807) is 25.9 Å². The zero-order valence-corrected chi connectivity index (χ0v) is 28.4. The van der Waals surface area contributed by atoms with Crippen LogP contribution in [0.3, 0.4) is 0 Å². The first-order chi connectivity index (χ1) is 25.1. The Bertz CT molecular complexity index is 2330. The lowest BCUT2D eigenvalue weighted by atomic mass is 9.92. The van der Waals surface area contributed by atoms with Crippen molar-refractivity contribution in [3.05, 3.63) is 70.0 Å². The highest BCUT2D eigenvalue weighted by Crippen LogP contribution is 2.46. The number of likely N-dealkylation sites (tertiary alicyclic amines) is 1. The van der Waals surface area contributed by atoms with Crippen LogP contribution in [0.25, 0.3) is 21.8 Å². The van der Waals surface area contributed by atoms with Gasteiger partial charge in [-0.3, -0.25) is 14.4 Å². The number of carboxylic acids is 1. The van der Waals surface area contributed by atoms with E-state index in [1.165, 1.54) is 19.4 Å². The van der Waals surface area contributed by atoms with Gasteiger partial charge in [0.15, 0.2) is 17.3 Å². The number of para-hydroxylation sites is 1. The molecule has 2 aliphatic heterocycles. The van der Waals surface area contributed by atoms with E-state index in [9.17, 15) is 24.6 Å². The van der Waals surface area contributed by atoms with Crippen molar-refractivity contribution in [3.8, 4) is 11.6 Å². The first-order valence-corrected chi connectivity index (χ1v) is 17.2. The van der Waals surface area contributed by atoms with Gasteiger partial charge in [-0.1, -0.05) is 28.5 Å². The number of carbonyl (C=O) groups excluding carboxylic acids is 1. The molecular weight excluding hydrogens is 675 g/mol. The van der Waals surface area contributed by atoms with E-state index >= 15 is 4.39 Å².